The quantitative estimate of drug-likeness (QED) is 0.799. The molecule has 0 aromatic carbocycles. The summed E-state index contributed by atoms with van der Waals surface area (Å²) in [7, 11) is 1.73. The molecule has 21 heavy (non-hydrogen) atoms. The first-order chi connectivity index (χ1) is 10.2. The Morgan fingerprint density at radius 3 is 2.76 bits per heavy atom. The molecule has 0 spiro atoms. The topological polar surface area (TPSA) is 60.2 Å². The van der Waals surface area contributed by atoms with Crippen LogP contribution >= 0.6 is 0 Å². The van der Waals surface area contributed by atoms with Crippen LogP contribution in [0.1, 0.15) is 63.6 Å². The predicted octanol–water partition coefficient (Wildman–Crippen LogP) is 2.92. The zero-order valence-electron chi connectivity index (χ0n) is 13.6. The molecule has 1 saturated carbocycles. The largest absolute Gasteiger partial charge is 0.383 e. The molecule has 0 saturated heterocycles. The number of hydrogen-bond donors (Lipinski definition) is 1. The van der Waals surface area contributed by atoms with E-state index in [0.717, 1.165) is 37.0 Å². The zero-order chi connectivity index (χ0) is 15.1. The van der Waals surface area contributed by atoms with Gasteiger partial charge in [0.15, 0.2) is 5.82 Å². The van der Waals surface area contributed by atoms with Gasteiger partial charge in [0.2, 0.25) is 5.89 Å². The summed E-state index contributed by atoms with van der Waals surface area (Å²) in [6, 6.07) is 0.245. The van der Waals surface area contributed by atoms with Crippen LogP contribution in [-0.4, -0.2) is 36.4 Å². The van der Waals surface area contributed by atoms with Crippen LogP contribution in [0.3, 0.4) is 0 Å². The highest BCUT2D eigenvalue weighted by Crippen LogP contribution is 2.34. The molecule has 5 heteroatoms. The second-order valence-electron chi connectivity index (χ2n) is 6.31. The van der Waals surface area contributed by atoms with E-state index in [1.165, 1.54) is 25.7 Å². The van der Waals surface area contributed by atoms with Gasteiger partial charge >= 0.3 is 0 Å². The van der Waals surface area contributed by atoms with Crippen molar-refractivity contribution < 1.29 is 9.26 Å². The summed E-state index contributed by atoms with van der Waals surface area (Å²) >= 11 is 0. The molecule has 5 nitrogen and oxygen atoms in total. The van der Waals surface area contributed by atoms with Crippen molar-refractivity contribution in [2.75, 3.05) is 20.3 Å². The van der Waals surface area contributed by atoms with Gasteiger partial charge in [-0.15, -0.1) is 0 Å². The van der Waals surface area contributed by atoms with Gasteiger partial charge in [0.1, 0.15) is 0 Å². The minimum atomic E-state index is 0.245. The number of nitrogens with one attached hydrogen (secondary N) is 1. The first kappa shape index (κ1) is 16.4. The van der Waals surface area contributed by atoms with E-state index >= 15 is 0 Å². The molecule has 0 radical (unpaired) electrons. The molecule has 1 fully saturated rings. The fourth-order valence-electron chi connectivity index (χ4n) is 2.99. The maximum absolute atomic E-state index is 5.44. The standard InChI is InChI=1S/C16H29N3O2/c1-4-9-17-14(11-20-3)10-15-18-16(19-21-15)13-7-5-12(2)6-8-13/h12-14,17H,4-11H2,1-3H3. The van der Waals surface area contributed by atoms with Crippen molar-refractivity contribution in [2.24, 2.45) is 5.92 Å². The van der Waals surface area contributed by atoms with Crippen molar-refractivity contribution >= 4 is 0 Å². The van der Waals surface area contributed by atoms with Gasteiger partial charge < -0.3 is 14.6 Å². The van der Waals surface area contributed by atoms with Gasteiger partial charge in [0, 0.05) is 25.5 Å². The Labute approximate surface area is 127 Å². The average molecular weight is 295 g/mol. The summed E-state index contributed by atoms with van der Waals surface area (Å²) in [5, 5.41) is 7.66. The van der Waals surface area contributed by atoms with Gasteiger partial charge in [0.05, 0.1) is 6.61 Å². The van der Waals surface area contributed by atoms with E-state index in [2.05, 4.69) is 29.3 Å². The van der Waals surface area contributed by atoms with Crippen LogP contribution in [0, 0.1) is 5.92 Å². The smallest absolute Gasteiger partial charge is 0.228 e. The van der Waals surface area contributed by atoms with Crippen molar-refractivity contribution in [1.82, 2.24) is 15.5 Å². The Bertz CT molecular complexity index is 400. The predicted molar refractivity (Wildman–Crippen MR) is 82.3 cm³/mol. The van der Waals surface area contributed by atoms with E-state index in [1.54, 1.807) is 7.11 Å². The van der Waals surface area contributed by atoms with Crippen molar-refractivity contribution in [3.05, 3.63) is 11.7 Å². The molecule has 1 aromatic heterocycles. The number of hydrogen-bond acceptors (Lipinski definition) is 5. The highest BCUT2D eigenvalue weighted by atomic mass is 16.5. The lowest BCUT2D eigenvalue weighted by Gasteiger charge is -2.23. The van der Waals surface area contributed by atoms with Crippen LogP contribution in [-0.2, 0) is 11.2 Å². The van der Waals surface area contributed by atoms with E-state index in [-0.39, 0.29) is 6.04 Å². The molecule has 0 amide bonds. The molecular formula is C16H29N3O2. The Balaban J connectivity index is 1.89. The first-order valence-electron chi connectivity index (χ1n) is 8.27. The van der Waals surface area contributed by atoms with Crippen LogP contribution in [0.25, 0.3) is 0 Å². The molecule has 1 unspecified atom stereocenters. The summed E-state index contributed by atoms with van der Waals surface area (Å²) in [4.78, 5) is 4.62. The summed E-state index contributed by atoms with van der Waals surface area (Å²) in [6.07, 6.45) is 6.78. The van der Waals surface area contributed by atoms with Crippen LogP contribution in [0.5, 0.6) is 0 Å². The van der Waals surface area contributed by atoms with Crippen molar-refractivity contribution in [1.29, 1.82) is 0 Å². The van der Waals surface area contributed by atoms with Gasteiger partial charge in [-0.3, -0.25) is 0 Å². The number of nitrogens with zero attached hydrogens (tertiary/aromatic N) is 2. The molecular weight excluding hydrogens is 266 g/mol. The van der Waals surface area contributed by atoms with E-state index in [9.17, 15) is 0 Å². The fourth-order valence-corrected chi connectivity index (χ4v) is 2.99. The third kappa shape index (κ3) is 5.08. The monoisotopic (exact) mass is 295 g/mol. The lowest BCUT2D eigenvalue weighted by Crippen LogP contribution is -2.35. The molecule has 1 aromatic rings. The van der Waals surface area contributed by atoms with Gasteiger partial charge in [-0.05, 0) is 31.7 Å². The van der Waals surface area contributed by atoms with Gasteiger partial charge in [-0.1, -0.05) is 31.8 Å². The zero-order valence-corrected chi connectivity index (χ0v) is 13.6. The molecule has 1 atom stereocenters. The third-order valence-electron chi connectivity index (χ3n) is 4.34. The molecule has 1 aliphatic rings. The van der Waals surface area contributed by atoms with Crippen LogP contribution in [0.15, 0.2) is 4.52 Å². The summed E-state index contributed by atoms with van der Waals surface area (Å²) < 4.78 is 10.7. The van der Waals surface area contributed by atoms with E-state index in [1.807, 2.05) is 0 Å². The molecule has 120 valence electrons. The molecule has 2 rings (SSSR count). The van der Waals surface area contributed by atoms with Gasteiger partial charge in [-0.25, -0.2) is 0 Å². The minimum absolute atomic E-state index is 0.245. The summed E-state index contributed by atoms with van der Waals surface area (Å²) in [5.41, 5.74) is 0. The second kappa shape index (κ2) is 8.49. The van der Waals surface area contributed by atoms with Crippen LogP contribution in [0.2, 0.25) is 0 Å². The maximum Gasteiger partial charge on any atom is 0.228 e. The van der Waals surface area contributed by atoms with Crippen LogP contribution < -0.4 is 5.32 Å². The summed E-state index contributed by atoms with van der Waals surface area (Å²) in [5.74, 6) is 2.97. The Morgan fingerprint density at radius 2 is 2.10 bits per heavy atom. The lowest BCUT2D eigenvalue weighted by molar-refractivity contribution is 0.161. The fraction of sp³-hybridized carbons (Fsp3) is 0.875. The number of ether oxygens (including phenoxy) is 1. The van der Waals surface area contributed by atoms with E-state index in [0.29, 0.717) is 12.5 Å². The lowest BCUT2D eigenvalue weighted by atomic mass is 9.83. The third-order valence-corrected chi connectivity index (χ3v) is 4.34. The van der Waals surface area contributed by atoms with Gasteiger partial charge in [0.25, 0.3) is 0 Å². The molecule has 1 aliphatic carbocycles. The number of methoxy groups -OCH3 is 1. The minimum Gasteiger partial charge on any atom is -0.383 e. The van der Waals surface area contributed by atoms with E-state index in [4.69, 9.17) is 9.26 Å². The maximum atomic E-state index is 5.44. The first-order valence-corrected chi connectivity index (χ1v) is 8.27. The summed E-state index contributed by atoms with van der Waals surface area (Å²) in [6.45, 7) is 6.13. The Hall–Kier alpha value is -0.940. The van der Waals surface area contributed by atoms with Crippen molar-refractivity contribution in [3.63, 3.8) is 0 Å². The molecule has 1 heterocycles. The van der Waals surface area contributed by atoms with Crippen molar-refractivity contribution in [2.45, 2.75) is 64.3 Å². The molecule has 1 N–H and O–H groups in total. The average Bonchev–Trinajstić information content (AvgIpc) is 2.94. The van der Waals surface area contributed by atoms with Crippen LogP contribution in [0.4, 0.5) is 0 Å². The van der Waals surface area contributed by atoms with Gasteiger partial charge in [-0.2, -0.15) is 4.98 Å². The highest BCUT2D eigenvalue weighted by molar-refractivity contribution is 4.98. The number of rotatable bonds is 8. The Kier molecular flexibility index (Phi) is 6.64. The SMILES string of the molecule is CCCNC(COC)Cc1nc(C2CCC(C)CC2)no1. The Morgan fingerprint density at radius 1 is 1.33 bits per heavy atom. The second-order valence-corrected chi connectivity index (χ2v) is 6.31. The molecule has 0 aliphatic heterocycles. The highest BCUT2D eigenvalue weighted by Gasteiger charge is 2.24. The normalized spacial score (nSPS) is 24.1. The van der Waals surface area contributed by atoms with Crippen molar-refractivity contribution in [3.8, 4) is 0 Å². The van der Waals surface area contributed by atoms with E-state index < -0.39 is 0 Å². The number of aromatic nitrogens is 2. The molecule has 0 bridgehead atoms.